The number of nitrogen functional groups attached to an aromatic ring is 1. The highest BCUT2D eigenvalue weighted by Gasteiger charge is 2.31. The van der Waals surface area contributed by atoms with Gasteiger partial charge in [-0.15, -0.1) is 0 Å². The van der Waals surface area contributed by atoms with Crippen molar-refractivity contribution < 1.29 is 23.0 Å². The van der Waals surface area contributed by atoms with E-state index in [1.54, 1.807) is 6.92 Å². The summed E-state index contributed by atoms with van der Waals surface area (Å²) >= 11 is 0. The molecule has 1 aliphatic heterocycles. The van der Waals surface area contributed by atoms with Crippen molar-refractivity contribution in [3.05, 3.63) is 76.9 Å². The SMILES string of the molecule is C[C@H]1Oc2cc(cnc2N)-c2c(nn(COCC[Si](C)(C)C)c2C#N)C(=O)c2cccnc2-c2c(F)cc(F)cc21. The van der Waals surface area contributed by atoms with Gasteiger partial charge in [-0.25, -0.2) is 18.4 Å². The molecule has 0 spiro atoms. The lowest BCUT2D eigenvalue weighted by molar-refractivity contribution is 0.0774. The van der Waals surface area contributed by atoms with E-state index in [-0.39, 0.29) is 57.6 Å². The number of ether oxygens (including phenoxy) is 2. The lowest BCUT2D eigenvalue weighted by Crippen LogP contribution is -2.22. The Hall–Kier alpha value is -4.47. The highest BCUT2D eigenvalue weighted by atomic mass is 28.3. The van der Waals surface area contributed by atoms with E-state index in [4.69, 9.17) is 15.2 Å². The zero-order valence-corrected chi connectivity index (χ0v) is 24.0. The van der Waals surface area contributed by atoms with E-state index >= 15 is 4.39 Å². The van der Waals surface area contributed by atoms with Crippen LogP contribution in [0, 0.1) is 23.0 Å². The Balaban J connectivity index is 1.76. The molecule has 2 bridgehead atoms. The topological polar surface area (TPSA) is 129 Å². The van der Waals surface area contributed by atoms with Crippen LogP contribution in [0.4, 0.5) is 14.6 Å². The summed E-state index contributed by atoms with van der Waals surface area (Å²) in [6.07, 6.45) is 1.91. The molecule has 5 rings (SSSR count). The molecular formula is C29H28F2N6O3Si. The summed E-state index contributed by atoms with van der Waals surface area (Å²) < 4.78 is 43.1. The van der Waals surface area contributed by atoms with Gasteiger partial charge in [0.25, 0.3) is 0 Å². The molecule has 0 saturated carbocycles. The van der Waals surface area contributed by atoms with E-state index in [1.165, 1.54) is 35.3 Å². The summed E-state index contributed by atoms with van der Waals surface area (Å²) in [6, 6.07) is 9.46. The van der Waals surface area contributed by atoms with Crippen LogP contribution >= 0.6 is 0 Å². The Morgan fingerprint density at radius 3 is 2.68 bits per heavy atom. The zero-order chi connectivity index (χ0) is 29.5. The van der Waals surface area contributed by atoms with Gasteiger partial charge in [0.1, 0.15) is 41.9 Å². The first-order valence-electron chi connectivity index (χ1n) is 13.0. The second-order valence-corrected chi connectivity index (χ2v) is 16.6. The fourth-order valence-corrected chi connectivity index (χ4v) is 5.41. The molecule has 1 aliphatic rings. The number of nitriles is 1. The van der Waals surface area contributed by atoms with E-state index in [2.05, 4.69) is 40.8 Å². The number of hydrogen-bond donors (Lipinski definition) is 1. The number of fused-ring (bicyclic) bond motifs is 7. The average Bonchev–Trinajstić information content (AvgIpc) is 3.29. The van der Waals surface area contributed by atoms with Crippen molar-refractivity contribution >= 4 is 19.7 Å². The third kappa shape index (κ3) is 5.46. The van der Waals surface area contributed by atoms with Crippen LogP contribution < -0.4 is 10.5 Å². The molecule has 1 atom stereocenters. The summed E-state index contributed by atoms with van der Waals surface area (Å²) in [7, 11) is -1.37. The molecule has 12 heteroatoms. The molecule has 0 saturated heterocycles. The van der Waals surface area contributed by atoms with Crippen molar-refractivity contribution in [3.63, 3.8) is 0 Å². The predicted molar refractivity (Wildman–Crippen MR) is 151 cm³/mol. The second kappa shape index (κ2) is 10.8. The number of carbonyl (C=O) groups is 1. The highest BCUT2D eigenvalue weighted by Crippen LogP contribution is 2.40. The second-order valence-electron chi connectivity index (χ2n) is 11.0. The van der Waals surface area contributed by atoms with Crippen molar-refractivity contribution in [2.75, 3.05) is 12.3 Å². The lowest BCUT2D eigenvalue weighted by atomic mass is 9.92. The summed E-state index contributed by atoms with van der Waals surface area (Å²) in [4.78, 5) is 22.7. The third-order valence-electron chi connectivity index (χ3n) is 6.77. The minimum atomic E-state index is -1.37. The molecule has 4 heterocycles. The molecule has 1 aromatic carbocycles. The van der Waals surface area contributed by atoms with Crippen LogP contribution in [0.25, 0.3) is 22.4 Å². The molecule has 3 aromatic heterocycles. The first kappa shape index (κ1) is 28.1. The van der Waals surface area contributed by atoms with Gasteiger partial charge in [0.05, 0.1) is 16.8 Å². The van der Waals surface area contributed by atoms with Gasteiger partial charge in [0.2, 0.25) is 5.78 Å². The number of pyridine rings is 2. The summed E-state index contributed by atoms with van der Waals surface area (Å²) in [6.45, 7) is 8.68. The Kier molecular flexibility index (Phi) is 7.42. The molecule has 4 aromatic rings. The number of halogens is 2. The zero-order valence-electron chi connectivity index (χ0n) is 23.0. The molecule has 0 radical (unpaired) electrons. The van der Waals surface area contributed by atoms with Gasteiger partial charge in [-0.1, -0.05) is 19.6 Å². The number of rotatable bonds is 5. The van der Waals surface area contributed by atoms with E-state index in [1.807, 2.05) is 0 Å². The minimum absolute atomic E-state index is 0.0128. The first-order valence-corrected chi connectivity index (χ1v) is 16.7. The molecule has 41 heavy (non-hydrogen) atoms. The van der Waals surface area contributed by atoms with Gasteiger partial charge in [0.15, 0.2) is 11.6 Å². The lowest BCUT2D eigenvalue weighted by Gasteiger charge is -2.21. The maximum Gasteiger partial charge on any atom is 0.216 e. The highest BCUT2D eigenvalue weighted by molar-refractivity contribution is 6.76. The van der Waals surface area contributed by atoms with E-state index < -0.39 is 31.6 Å². The van der Waals surface area contributed by atoms with E-state index in [0.717, 1.165) is 18.2 Å². The van der Waals surface area contributed by atoms with Gasteiger partial charge in [-0.05, 0) is 37.2 Å². The molecular weight excluding hydrogens is 546 g/mol. The van der Waals surface area contributed by atoms with Crippen LogP contribution in [0.1, 0.15) is 40.3 Å². The van der Waals surface area contributed by atoms with Gasteiger partial charge >= 0.3 is 0 Å². The molecule has 0 aliphatic carbocycles. The molecule has 2 N–H and O–H groups in total. The summed E-state index contributed by atoms with van der Waals surface area (Å²) in [5.41, 5.74) is 6.68. The fraction of sp³-hybridized carbons (Fsp3) is 0.276. The quantitative estimate of drug-likeness (QED) is 0.236. The number of benzene rings is 1. The van der Waals surface area contributed by atoms with Crippen LogP contribution in [0.5, 0.6) is 5.75 Å². The molecule has 0 fully saturated rings. The Labute approximate surface area is 236 Å². The van der Waals surface area contributed by atoms with Crippen molar-refractivity contribution in [3.8, 4) is 34.2 Å². The number of hydrogen-bond acceptors (Lipinski definition) is 8. The van der Waals surface area contributed by atoms with Gasteiger partial charge < -0.3 is 15.2 Å². The van der Waals surface area contributed by atoms with E-state index in [0.29, 0.717) is 12.2 Å². The van der Waals surface area contributed by atoms with Crippen LogP contribution in [0.3, 0.4) is 0 Å². The van der Waals surface area contributed by atoms with Crippen LogP contribution in [-0.2, 0) is 11.5 Å². The molecule has 0 amide bonds. The van der Waals surface area contributed by atoms with Crippen molar-refractivity contribution in [2.24, 2.45) is 0 Å². The number of carbonyl (C=O) groups excluding carboxylic acids is 1. The predicted octanol–water partition coefficient (Wildman–Crippen LogP) is 5.74. The van der Waals surface area contributed by atoms with Crippen LogP contribution in [0.15, 0.2) is 42.7 Å². The number of aromatic nitrogens is 4. The fourth-order valence-electron chi connectivity index (χ4n) is 4.65. The Morgan fingerprint density at radius 1 is 1.17 bits per heavy atom. The summed E-state index contributed by atoms with van der Waals surface area (Å²) in [5, 5.41) is 14.7. The number of nitrogens with zero attached hydrogens (tertiary/aromatic N) is 5. The Morgan fingerprint density at radius 2 is 1.95 bits per heavy atom. The minimum Gasteiger partial charge on any atom is -0.482 e. The number of nitrogens with two attached hydrogens (primary N) is 1. The Bertz CT molecular complexity index is 1710. The monoisotopic (exact) mass is 574 g/mol. The van der Waals surface area contributed by atoms with E-state index in [9.17, 15) is 14.4 Å². The normalized spacial score (nSPS) is 14.6. The van der Waals surface area contributed by atoms with Crippen molar-refractivity contribution in [1.82, 2.24) is 19.7 Å². The maximum atomic E-state index is 15.4. The average molecular weight is 575 g/mol. The third-order valence-corrected chi connectivity index (χ3v) is 8.47. The van der Waals surface area contributed by atoms with Crippen LogP contribution in [-0.4, -0.2) is 40.2 Å². The largest absolute Gasteiger partial charge is 0.482 e. The van der Waals surface area contributed by atoms with Crippen molar-refractivity contribution in [1.29, 1.82) is 5.26 Å². The van der Waals surface area contributed by atoms with Crippen LogP contribution in [0.2, 0.25) is 25.7 Å². The first-order chi connectivity index (χ1) is 19.5. The van der Waals surface area contributed by atoms with Gasteiger partial charge in [-0.2, -0.15) is 10.4 Å². The molecule has 0 unspecified atom stereocenters. The van der Waals surface area contributed by atoms with Gasteiger partial charge in [-0.3, -0.25) is 9.78 Å². The molecule has 9 nitrogen and oxygen atoms in total. The molecule has 210 valence electrons. The number of ketones is 1. The van der Waals surface area contributed by atoms with Crippen molar-refractivity contribution in [2.45, 2.75) is 45.4 Å². The van der Waals surface area contributed by atoms with Gasteiger partial charge in [0, 0.05) is 49.8 Å². The standard InChI is InChI=1S/C29H28F2N6O3Si/c1-16-20-11-18(30)12-21(31)25(20)26-19(6-5-7-34-26)28(38)27-24(17-10-23(40-16)29(33)35-14-17)22(13-32)37(36-27)15-39-8-9-41(2,3)4/h5-7,10-12,14,16H,8-9,15H2,1-4H3,(H2,33,35)/t16-/m1/s1. The maximum absolute atomic E-state index is 15.4. The number of anilines is 1. The summed E-state index contributed by atoms with van der Waals surface area (Å²) in [5.74, 6) is -2.22. The smallest absolute Gasteiger partial charge is 0.216 e.